The zero-order valence-corrected chi connectivity index (χ0v) is 15.8. The highest BCUT2D eigenvalue weighted by atomic mass is 16.5. The van der Waals surface area contributed by atoms with E-state index in [4.69, 9.17) is 4.74 Å². The molecule has 2 aliphatic heterocycles. The van der Waals surface area contributed by atoms with E-state index in [-0.39, 0.29) is 12.0 Å². The van der Waals surface area contributed by atoms with E-state index in [2.05, 4.69) is 43.0 Å². The summed E-state index contributed by atoms with van der Waals surface area (Å²) in [6.45, 7) is 6.69. The Kier molecular flexibility index (Phi) is 5.97. The lowest BCUT2D eigenvalue weighted by molar-refractivity contribution is -0.140. The van der Waals surface area contributed by atoms with Crippen LogP contribution in [0, 0.1) is 0 Å². The number of aryl methyl sites for hydroxylation is 1. The molecule has 2 saturated heterocycles. The zero-order chi connectivity index (χ0) is 17.8. The van der Waals surface area contributed by atoms with Crippen molar-refractivity contribution in [3.8, 4) is 5.75 Å². The maximum atomic E-state index is 12.3. The molecule has 0 saturated carbocycles. The molecule has 2 aliphatic rings. The number of likely N-dealkylation sites (N-methyl/N-ethyl adjacent to an activating group) is 2. The average Bonchev–Trinajstić information content (AvgIpc) is 3.02. The number of hydrogen-bond acceptors (Lipinski definition) is 4. The molecule has 0 spiro atoms. The molecule has 0 bridgehead atoms. The van der Waals surface area contributed by atoms with E-state index in [0.717, 1.165) is 31.8 Å². The van der Waals surface area contributed by atoms with Crippen LogP contribution in [0.15, 0.2) is 24.3 Å². The molecule has 0 aromatic heterocycles. The molecule has 5 heteroatoms. The van der Waals surface area contributed by atoms with Gasteiger partial charge >= 0.3 is 0 Å². The Morgan fingerprint density at radius 2 is 2.12 bits per heavy atom. The number of rotatable bonds is 7. The highest BCUT2D eigenvalue weighted by Crippen LogP contribution is 2.20. The van der Waals surface area contributed by atoms with E-state index in [1.807, 2.05) is 17.0 Å². The van der Waals surface area contributed by atoms with Crippen LogP contribution in [-0.4, -0.2) is 79.6 Å². The lowest BCUT2D eigenvalue weighted by atomic mass is 10.1. The molecule has 2 heterocycles. The number of carbonyl (C=O) groups is 1. The van der Waals surface area contributed by atoms with Gasteiger partial charge in [0.1, 0.15) is 11.9 Å². The SMILES string of the molecule is CCc1cccc(OC2CN(C(=O)CCN(C)C3CCN(C)C3)C2)c1. The summed E-state index contributed by atoms with van der Waals surface area (Å²) in [5.41, 5.74) is 1.28. The number of amides is 1. The molecule has 0 N–H and O–H groups in total. The lowest BCUT2D eigenvalue weighted by Gasteiger charge is -2.39. The highest BCUT2D eigenvalue weighted by molar-refractivity contribution is 5.77. The first-order valence-corrected chi connectivity index (χ1v) is 9.47. The second kappa shape index (κ2) is 8.19. The van der Waals surface area contributed by atoms with Crippen LogP contribution in [0.4, 0.5) is 0 Å². The number of benzene rings is 1. The summed E-state index contributed by atoms with van der Waals surface area (Å²) in [7, 11) is 4.30. The summed E-state index contributed by atoms with van der Waals surface area (Å²) in [4.78, 5) is 19.0. The fraction of sp³-hybridized carbons (Fsp3) is 0.650. The Hall–Kier alpha value is -1.59. The summed E-state index contributed by atoms with van der Waals surface area (Å²) in [5.74, 6) is 1.17. The predicted octanol–water partition coefficient (Wildman–Crippen LogP) is 1.86. The summed E-state index contributed by atoms with van der Waals surface area (Å²) in [6, 6.07) is 8.83. The first-order valence-electron chi connectivity index (χ1n) is 9.47. The van der Waals surface area contributed by atoms with Crippen molar-refractivity contribution in [2.75, 3.05) is 46.8 Å². The van der Waals surface area contributed by atoms with E-state index in [1.165, 1.54) is 12.0 Å². The van der Waals surface area contributed by atoms with Gasteiger partial charge in [-0.1, -0.05) is 19.1 Å². The van der Waals surface area contributed by atoms with Gasteiger partial charge in [-0.2, -0.15) is 0 Å². The Morgan fingerprint density at radius 3 is 2.80 bits per heavy atom. The molecule has 1 amide bonds. The van der Waals surface area contributed by atoms with Crippen molar-refractivity contribution >= 4 is 5.91 Å². The van der Waals surface area contributed by atoms with Crippen LogP contribution in [0.3, 0.4) is 0 Å². The number of nitrogens with zero attached hydrogens (tertiary/aromatic N) is 3. The molecule has 1 atom stereocenters. The molecular formula is C20H31N3O2. The molecule has 1 unspecified atom stereocenters. The molecule has 5 nitrogen and oxygen atoms in total. The highest BCUT2D eigenvalue weighted by Gasteiger charge is 2.32. The minimum Gasteiger partial charge on any atom is -0.487 e. The fourth-order valence-electron chi connectivity index (χ4n) is 3.63. The zero-order valence-electron chi connectivity index (χ0n) is 15.8. The number of hydrogen-bond donors (Lipinski definition) is 0. The Bertz CT molecular complexity index is 586. The quantitative estimate of drug-likeness (QED) is 0.756. The van der Waals surface area contributed by atoms with Crippen LogP contribution in [-0.2, 0) is 11.2 Å². The number of ether oxygens (including phenoxy) is 1. The number of carbonyl (C=O) groups excluding carboxylic acids is 1. The van der Waals surface area contributed by atoms with E-state index in [1.54, 1.807) is 0 Å². The normalized spacial score (nSPS) is 21.6. The molecule has 25 heavy (non-hydrogen) atoms. The monoisotopic (exact) mass is 345 g/mol. The summed E-state index contributed by atoms with van der Waals surface area (Å²) in [5, 5.41) is 0. The van der Waals surface area contributed by atoms with Gasteiger partial charge in [0.05, 0.1) is 13.1 Å². The third-order valence-electron chi connectivity index (χ3n) is 5.48. The number of likely N-dealkylation sites (tertiary alicyclic amines) is 2. The van der Waals surface area contributed by atoms with Gasteiger partial charge in [0.15, 0.2) is 0 Å². The molecule has 0 aliphatic carbocycles. The molecule has 1 aromatic rings. The topological polar surface area (TPSA) is 36.0 Å². The van der Waals surface area contributed by atoms with Gasteiger partial charge in [-0.05, 0) is 51.2 Å². The van der Waals surface area contributed by atoms with Crippen LogP contribution in [0.25, 0.3) is 0 Å². The minimum atomic E-state index is 0.136. The molecule has 0 radical (unpaired) electrons. The Morgan fingerprint density at radius 1 is 1.32 bits per heavy atom. The standard InChI is InChI=1S/C20H31N3O2/c1-4-16-6-5-7-18(12-16)25-19-14-23(15-19)20(24)9-11-22(3)17-8-10-21(2)13-17/h5-7,12,17,19H,4,8-11,13-15H2,1-3H3. The van der Waals surface area contributed by atoms with Crippen LogP contribution >= 0.6 is 0 Å². The molecule has 138 valence electrons. The van der Waals surface area contributed by atoms with Gasteiger partial charge in [0.25, 0.3) is 0 Å². The van der Waals surface area contributed by atoms with Crippen molar-refractivity contribution in [3.63, 3.8) is 0 Å². The van der Waals surface area contributed by atoms with Crippen molar-refractivity contribution in [2.24, 2.45) is 0 Å². The van der Waals surface area contributed by atoms with Crippen molar-refractivity contribution in [3.05, 3.63) is 29.8 Å². The predicted molar refractivity (Wildman–Crippen MR) is 100.0 cm³/mol. The maximum Gasteiger partial charge on any atom is 0.224 e. The third-order valence-corrected chi connectivity index (χ3v) is 5.48. The van der Waals surface area contributed by atoms with Gasteiger partial charge < -0.3 is 19.4 Å². The van der Waals surface area contributed by atoms with Crippen molar-refractivity contribution in [1.82, 2.24) is 14.7 Å². The van der Waals surface area contributed by atoms with Gasteiger partial charge in [0.2, 0.25) is 5.91 Å². The second-order valence-corrected chi connectivity index (χ2v) is 7.47. The van der Waals surface area contributed by atoms with Gasteiger partial charge in [-0.15, -0.1) is 0 Å². The van der Waals surface area contributed by atoms with Crippen molar-refractivity contribution in [1.29, 1.82) is 0 Å². The molecule has 3 rings (SSSR count). The summed E-state index contributed by atoms with van der Waals surface area (Å²) >= 11 is 0. The minimum absolute atomic E-state index is 0.136. The third kappa shape index (κ3) is 4.73. The van der Waals surface area contributed by atoms with Crippen LogP contribution in [0.2, 0.25) is 0 Å². The van der Waals surface area contributed by atoms with Gasteiger partial charge in [-0.3, -0.25) is 4.79 Å². The van der Waals surface area contributed by atoms with Crippen LogP contribution in [0.1, 0.15) is 25.3 Å². The van der Waals surface area contributed by atoms with Crippen LogP contribution in [0.5, 0.6) is 5.75 Å². The van der Waals surface area contributed by atoms with Crippen LogP contribution < -0.4 is 4.74 Å². The second-order valence-electron chi connectivity index (χ2n) is 7.47. The summed E-state index contributed by atoms with van der Waals surface area (Å²) < 4.78 is 5.98. The Balaban J connectivity index is 1.36. The lowest BCUT2D eigenvalue weighted by Crippen LogP contribution is -2.56. The van der Waals surface area contributed by atoms with Gasteiger partial charge in [-0.25, -0.2) is 0 Å². The summed E-state index contributed by atoms with van der Waals surface area (Å²) in [6.07, 6.45) is 2.96. The van der Waals surface area contributed by atoms with E-state index < -0.39 is 0 Å². The van der Waals surface area contributed by atoms with Crippen molar-refractivity contribution in [2.45, 2.75) is 38.3 Å². The van der Waals surface area contributed by atoms with E-state index >= 15 is 0 Å². The smallest absolute Gasteiger partial charge is 0.224 e. The van der Waals surface area contributed by atoms with Gasteiger partial charge in [0, 0.05) is 25.6 Å². The Labute approximate surface area is 151 Å². The first-order chi connectivity index (χ1) is 12.0. The van der Waals surface area contributed by atoms with E-state index in [0.29, 0.717) is 25.6 Å². The first kappa shape index (κ1) is 18.2. The molecule has 1 aromatic carbocycles. The maximum absolute atomic E-state index is 12.3. The van der Waals surface area contributed by atoms with E-state index in [9.17, 15) is 4.79 Å². The molecule has 2 fully saturated rings. The fourth-order valence-corrected chi connectivity index (χ4v) is 3.63. The van der Waals surface area contributed by atoms with Crippen molar-refractivity contribution < 1.29 is 9.53 Å². The largest absolute Gasteiger partial charge is 0.487 e. The molecular weight excluding hydrogens is 314 g/mol. The average molecular weight is 345 g/mol.